The second-order valence-electron chi connectivity index (χ2n) is 8.68. The van der Waals surface area contributed by atoms with Crippen LogP contribution >= 0.6 is 0 Å². The highest BCUT2D eigenvalue weighted by atomic mass is 16.5. The summed E-state index contributed by atoms with van der Waals surface area (Å²) in [5.74, 6) is 1.24. The van der Waals surface area contributed by atoms with Crippen LogP contribution in [0, 0.1) is 12.3 Å². The van der Waals surface area contributed by atoms with Gasteiger partial charge in [-0.05, 0) is 49.6 Å². The number of imidazole rings is 1. The van der Waals surface area contributed by atoms with E-state index in [0.29, 0.717) is 5.91 Å². The highest BCUT2D eigenvalue weighted by Gasteiger charge is 2.47. The number of carbonyl (C=O) groups is 1. The van der Waals surface area contributed by atoms with Crippen LogP contribution in [0.15, 0.2) is 48.8 Å². The van der Waals surface area contributed by atoms with Gasteiger partial charge in [0.2, 0.25) is 5.91 Å². The predicted molar refractivity (Wildman–Crippen MR) is 113 cm³/mol. The van der Waals surface area contributed by atoms with E-state index in [4.69, 9.17) is 4.74 Å². The number of aromatic nitrogens is 2. The third kappa shape index (κ3) is 3.39. The van der Waals surface area contributed by atoms with Crippen LogP contribution in [0.1, 0.15) is 38.3 Å². The summed E-state index contributed by atoms with van der Waals surface area (Å²) in [6.07, 6.45) is 7.89. The number of rotatable bonds is 4. The normalized spacial score (nSPS) is 18.8. The zero-order valence-corrected chi connectivity index (χ0v) is 17.1. The number of pyridine rings is 1. The van der Waals surface area contributed by atoms with Gasteiger partial charge in [-0.3, -0.25) is 4.79 Å². The lowest BCUT2D eigenvalue weighted by Crippen LogP contribution is -2.44. The van der Waals surface area contributed by atoms with Crippen molar-refractivity contribution in [3.8, 4) is 16.9 Å². The van der Waals surface area contributed by atoms with E-state index in [-0.39, 0.29) is 11.5 Å². The van der Waals surface area contributed by atoms with Crippen molar-refractivity contribution in [3.63, 3.8) is 0 Å². The first-order valence-electron chi connectivity index (χ1n) is 10.5. The monoisotopic (exact) mass is 389 g/mol. The van der Waals surface area contributed by atoms with Gasteiger partial charge in [-0.1, -0.05) is 19.1 Å². The van der Waals surface area contributed by atoms with Gasteiger partial charge in [0.1, 0.15) is 17.5 Å². The molecule has 3 heterocycles. The first-order valence-corrected chi connectivity index (χ1v) is 10.5. The Labute approximate surface area is 171 Å². The van der Waals surface area contributed by atoms with Crippen LogP contribution in [0.3, 0.4) is 0 Å². The Bertz CT molecular complexity index is 1040. The van der Waals surface area contributed by atoms with Crippen molar-refractivity contribution in [1.82, 2.24) is 14.3 Å². The Morgan fingerprint density at radius 1 is 1.10 bits per heavy atom. The molecule has 5 nitrogen and oxygen atoms in total. The molecule has 0 bridgehead atoms. The molecule has 1 aromatic carbocycles. The average molecular weight is 389 g/mol. The molecule has 0 N–H and O–H groups in total. The summed E-state index contributed by atoms with van der Waals surface area (Å²) in [6, 6.07) is 12.5. The van der Waals surface area contributed by atoms with Crippen LogP contribution in [0.4, 0.5) is 0 Å². The number of likely N-dealkylation sites (tertiary alicyclic amines) is 1. The molecule has 0 unspecified atom stereocenters. The Balaban J connectivity index is 1.23. The molecule has 0 atom stereocenters. The standard InChI is InChI=1S/C24H27N3O2/c1-17-21(7-8-22-25-13-16-27(17)22)18-3-5-19(6-4-18)29-20-9-14-26(15-10-20)23(28)24(2)11-12-24/h3-8,13,16,20H,9-12,14-15H2,1-2H3. The van der Waals surface area contributed by atoms with Crippen molar-refractivity contribution in [2.24, 2.45) is 5.41 Å². The number of fused-ring (bicyclic) bond motifs is 1. The first kappa shape index (κ1) is 18.2. The minimum atomic E-state index is -0.0681. The number of hydrogen-bond donors (Lipinski definition) is 0. The zero-order chi connectivity index (χ0) is 20.0. The van der Waals surface area contributed by atoms with E-state index in [0.717, 1.165) is 50.2 Å². The van der Waals surface area contributed by atoms with E-state index in [9.17, 15) is 4.79 Å². The van der Waals surface area contributed by atoms with Gasteiger partial charge in [-0.2, -0.15) is 0 Å². The van der Waals surface area contributed by atoms with Gasteiger partial charge < -0.3 is 14.0 Å². The lowest BCUT2D eigenvalue weighted by Gasteiger charge is -2.33. The maximum absolute atomic E-state index is 12.5. The van der Waals surface area contributed by atoms with E-state index in [1.165, 1.54) is 16.8 Å². The molecule has 2 fully saturated rings. The first-order chi connectivity index (χ1) is 14.0. The Hall–Kier alpha value is -2.82. The van der Waals surface area contributed by atoms with Crippen molar-refractivity contribution >= 4 is 11.6 Å². The van der Waals surface area contributed by atoms with E-state index >= 15 is 0 Å². The molecule has 29 heavy (non-hydrogen) atoms. The number of amides is 1. The van der Waals surface area contributed by atoms with Gasteiger partial charge in [0.15, 0.2) is 0 Å². The van der Waals surface area contributed by atoms with Gasteiger partial charge in [0.25, 0.3) is 0 Å². The van der Waals surface area contributed by atoms with Crippen molar-refractivity contribution < 1.29 is 9.53 Å². The zero-order valence-electron chi connectivity index (χ0n) is 17.1. The third-order valence-corrected chi connectivity index (χ3v) is 6.53. The van der Waals surface area contributed by atoms with Crippen LogP contribution in [0.5, 0.6) is 5.75 Å². The van der Waals surface area contributed by atoms with Crippen LogP contribution in [0.25, 0.3) is 16.8 Å². The summed E-state index contributed by atoms with van der Waals surface area (Å²) in [5.41, 5.74) is 4.44. The molecule has 1 saturated heterocycles. The van der Waals surface area contributed by atoms with E-state index in [1.54, 1.807) is 0 Å². The fourth-order valence-corrected chi connectivity index (χ4v) is 4.30. The third-order valence-electron chi connectivity index (χ3n) is 6.53. The van der Waals surface area contributed by atoms with E-state index in [1.807, 2.05) is 23.4 Å². The molecule has 150 valence electrons. The number of carbonyl (C=O) groups excluding carboxylic acids is 1. The number of hydrogen-bond acceptors (Lipinski definition) is 3. The number of aryl methyl sites for hydroxylation is 1. The van der Waals surface area contributed by atoms with Gasteiger partial charge in [0, 0.05) is 55.0 Å². The van der Waals surface area contributed by atoms with E-state index in [2.05, 4.69) is 53.6 Å². The molecule has 0 radical (unpaired) electrons. The molecule has 2 aromatic heterocycles. The minimum Gasteiger partial charge on any atom is -0.490 e. The molecule has 1 aliphatic heterocycles. The molecule has 5 rings (SSSR count). The summed E-state index contributed by atoms with van der Waals surface area (Å²) in [7, 11) is 0. The summed E-state index contributed by atoms with van der Waals surface area (Å²) in [6.45, 7) is 5.82. The van der Waals surface area contributed by atoms with Gasteiger partial charge in [0.05, 0.1) is 0 Å². The second kappa shape index (κ2) is 6.90. The van der Waals surface area contributed by atoms with Crippen LogP contribution < -0.4 is 4.74 Å². The maximum Gasteiger partial charge on any atom is 0.228 e. The lowest BCUT2D eigenvalue weighted by atomic mass is 10.0. The summed E-state index contributed by atoms with van der Waals surface area (Å²) < 4.78 is 8.32. The number of piperidine rings is 1. The van der Waals surface area contributed by atoms with Gasteiger partial charge in [-0.15, -0.1) is 0 Å². The van der Waals surface area contributed by atoms with Crippen molar-refractivity contribution in [2.75, 3.05) is 13.1 Å². The number of ether oxygens (including phenoxy) is 1. The molecule has 1 aliphatic carbocycles. The van der Waals surface area contributed by atoms with Gasteiger partial charge >= 0.3 is 0 Å². The molecular formula is C24H27N3O2. The van der Waals surface area contributed by atoms with Crippen LogP contribution in [-0.4, -0.2) is 39.4 Å². The highest BCUT2D eigenvalue weighted by molar-refractivity contribution is 5.85. The molecule has 2 aliphatic rings. The Kier molecular flexibility index (Phi) is 4.34. The SMILES string of the molecule is Cc1c(-c2ccc(OC3CCN(C(=O)C4(C)CC4)CC3)cc2)ccc2nccn12. The largest absolute Gasteiger partial charge is 0.490 e. The molecule has 1 saturated carbocycles. The van der Waals surface area contributed by atoms with E-state index < -0.39 is 0 Å². The fraction of sp³-hybridized carbons (Fsp3) is 0.417. The second-order valence-corrected chi connectivity index (χ2v) is 8.68. The topological polar surface area (TPSA) is 46.8 Å². The summed E-state index contributed by atoms with van der Waals surface area (Å²) >= 11 is 0. The predicted octanol–water partition coefficient (Wildman–Crippen LogP) is 4.48. The molecule has 0 spiro atoms. The molecule has 5 heteroatoms. The molecule has 1 amide bonds. The minimum absolute atomic E-state index is 0.0681. The average Bonchev–Trinajstić information content (AvgIpc) is 3.30. The maximum atomic E-state index is 12.5. The van der Waals surface area contributed by atoms with Crippen molar-refractivity contribution in [2.45, 2.75) is 45.6 Å². The smallest absolute Gasteiger partial charge is 0.228 e. The molecular weight excluding hydrogens is 362 g/mol. The van der Waals surface area contributed by atoms with Gasteiger partial charge in [-0.25, -0.2) is 4.98 Å². The number of benzene rings is 1. The quantitative estimate of drug-likeness (QED) is 0.661. The summed E-state index contributed by atoms with van der Waals surface area (Å²) in [4.78, 5) is 18.9. The molecule has 3 aromatic rings. The van der Waals surface area contributed by atoms with Crippen molar-refractivity contribution in [3.05, 3.63) is 54.5 Å². The summed E-state index contributed by atoms with van der Waals surface area (Å²) in [5, 5.41) is 0. The lowest BCUT2D eigenvalue weighted by molar-refractivity contribution is -0.138. The Morgan fingerprint density at radius 3 is 2.52 bits per heavy atom. The highest BCUT2D eigenvalue weighted by Crippen LogP contribution is 2.46. The van der Waals surface area contributed by atoms with Crippen LogP contribution in [0.2, 0.25) is 0 Å². The Morgan fingerprint density at radius 2 is 1.83 bits per heavy atom. The van der Waals surface area contributed by atoms with Crippen LogP contribution in [-0.2, 0) is 4.79 Å². The fourth-order valence-electron chi connectivity index (χ4n) is 4.30. The number of nitrogens with zero attached hydrogens (tertiary/aromatic N) is 3. The van der Waals surface area contributed by atoms with Crippen molar-refractivity contribution in [1.29, 1.82) is 0 Å².